The Morgan fingerprint density at radius 2 is 1.63 bits per heavy atom. The number of hydrogen-bond donors (Lipinski definition) is 3. The van der Waals surface area contributed by atoms with Gasteiger partial charge in [0.2, 0.25) is 5.91 Å². The number of fused-ring (bicyclic) bond motifs is 1. The smallest absolute Gasteiger partial charge is 0.480 e. The molecule has 4 aliphatic carbocycles. The molecule has 8 nitrogen and oxygen atoms in total. The molecule has 2 bridgehead atoms. The Morgan fingerprint density at radius 1 is 1.00 bits per heavy atom. The second-order valence-electron chi connectivity index (χ2n) is 10.4. The summed E-state index contributed by atoms with van der Waals surface area (Å²) in [5, 5.41) is 15.9. The van der Waals surface area contributed by atoms with Gasteiger partial charge in [0, 0.05) is 42.0 Å². The molecule has 0 unspecified atom stereocenters. The van der Waals surface area contributed by atoms with E-state index in [2.05, 4.69) is 15.4 Å². The first-order chi connectivity index (χ1) is 17.6. The summed E-state index contributed by atoms with van der Waals surface area (Å²) >= 11 is 0. The van der Waals surface area contributed by atoms with Crippen LogP contribution in [0.25, 0.3) is 0 Å². The van der Waals surface area contributed by atoms with Crippen molar-refractivity contribution < 1.29 is 59.6 Å². The van der Waals surface area contributed by atoms with Crippen LogP contribution in [0.5, 0.6) is 5.75 Å². The first-order valence-corrected chi connectivity index (χ1v) is 11.8. The van der Waals surface area contributed by atoms with E-state index in [4.69, 9.17) is 9.47 Å². The summed E-state index contributed by atoms with van der Waals surface area (Å²) in [5.74, 6) is -3.00. The lowest BCUT2D eigenvalue weighted by Gasteiger charge is -2.70. The molecule has 6 rings (SSSR count). The number of aliphatic hydroxyl groups is 1. The van der Waals surface area contributed by atoms with Crippen LogP contribution >= 0.6 is 0 Å². The zero-order chi connectivity index (χ0) is 27.7. The van der Waals surface area contributed by atoms with Gasteiger partial charge >= 0.3 is 12.5 Å². The van der Waals surface area contributed by atoms with Crippen molar-refractivity contribution in [1.82, 2.24) is 10.6 Å². The topological polar surface area (TPSA) is 106 Å². The van der Waals surface area contributed by atoms with E-state index >= 15 is 0 Å². The normalized spacial score (nSPS) is 33.6. The zero-order valence-corrected chi connectivity index (χ0v) is 19.5. The molecule has 0 radical (unpaired) electrons. The summed E-state index contributed by atoms with van der Waals surface area (Å²) in [6, 6.07) is 0.974. The molecule has 1 aliphatic heterocycles. The Morgan fingerprint density at radius 3 is 2.24 bits per heavy atom. The second kappa shape index (κ2) is 8.95. The van der Waals surface area contributed by atoms with Crippen LogP contribution in [0.2, 0.25) is 0 Å². The van der Waals surface area contributed by atoms with Crippen LogP contribution in [0.3, 0.4) is 0 Å². The van der Waals surface area contributed by atoms with Crippen LogP contribution in [0.15, 0.2) is 12.1 Å². The average molecular weight is 556 g/mol. The predicted octanol–water partition coefficient (Wildman–Crippen LogP) is 3.02. The molecule has 3 N–H and O–H groups in total. The molecule has 4 saturated carbocycles. The average Bonchev–Trinajstić information content (AvgIpc) is 2.70. The third-order valence-corrected chi connectivity index (χ3v) is 7.39. The molecule has 0 saturated heterocycles. The third kappa shape index (κ3) is 5.27. The minimum atomic E-state index is -4.96. The first-order valence-electron chi connectivity index (χ1n) is 11.8. The van der Waals surface area contributed by atoms with Gasteiger partial charge in [0.05, 0.1) is 23.9 Å². The van der Waals surface area contributed by atoms with Crippen LogP contribution < -0.4 is 15.4 Å². The van der Waals surface area contributed by atoms with E-state index < -0.39 is 71.2 Å². The van der Waals surface area contributed by atoms with E-state index in [9.17, 15) is 45.4 Å². The summed E-state index contributed by atoms with van der Waals surface area (Å²) in [5.41, 5.74) is -2.98. The summed E-state index contributed by atoms with van der Waals surface area (Å²) in [7, 11) is 0. The van der Waals surface area contributed by atoms with Gasteiger partial charge in [-0.15, -0.1) is 13.2 Å². The van der Waals surface area contributed by atoms with Crippen molar-refractivity contribution in [3.8, 4) is 5.75 Å². The number of hydrogen-bond acceptors (Lipinski definition) is 6. The summed E-state index contributed by atoms with van der Waals surface area (Å²) < 4.78 is 104. The summed E-state index contributed by atoms with van der Waals surface area (Å²) in [4.78, 5) is 24.9. The number of aliphatic hydroxyl groups excluding tert-OH is 1. The van der Waals surface area contributed by atoms with Crippen molar-refractivity contribution in [2.75, 3.05) is 6.61 Å². The molecule has 1 aromatic carbocycles. The Hall–Kier alpha value is -2.65. The highest BCUT2D eigenvalue weighted by Crippen LogP contribution is 2.60. The lowest BCUT2D eigenvalue weighted by molar-refractivity contribution is -0.357. The molecule has 15 heteroatoms. The number of ether oxygens (including phenoxy) is 3. The maximum absolute atomic E-state index is 13.9. The van der Waals surface area contributed by atoms with Crippen molar-refractivity contribution in [3.05, 3.63) is 29.1 Å². The van der Waals surface area contributed by atoms with Gasteiger partial charge in [-0.2, -0.15) is 13.2 Å². The number of halogens is 7. The van der Waals surface area contributed by atoms with Crippen molar-refractivity contribution in [3.63, 3.8) is 0 Å². The largest absolute Gasteiger partial charge is 0.522 e. The molecule has 4 fully saturated rings. The Labute approximate surface area is 210 Å². The Bertz CT molecular complexity index is 1110. The van der Waals surface area contributed by atoms with Gasteiger partial charge in [0.1, 0.15) is 18.2 Å². The van der Waals surface area contributed by atoms with Crippen LogP contribution in [0, 0.1) is 5.82 Å². The van der Waals surface area contributed by atoms with Gasteiger partial charge in [-0.25, -0.2) is 4.39 Å². The quantitative estimate of drug-likeness (QED) is 0.446. The second-order valence-corrected chi connectivity index (χ2v) is 10.4. The molecular weight excluding hydrogens is 533 g/mol. The van der Waals surface area contributed by atoms with Crippen LogP contribution in [0.1, 0.15) is 55.8 Å². The molecule has 0 aromatic heterocycles. The lowest BCUT2D eigenvalue weighted by atomic mass is 9.44. The number of rotatable bonds is 7. The van der Waals surface area contributed by atoms with Gasteiger partial charge in [0.15, 0.2) is 6.10 Å². The maximum atomic E-state index is 13.9. The molecule has 2 atom stereocenters. The summed E-state index contributed by atoms with van der Waals surface area (Å²) in [6.07, 6.45) is -12.9. The molecule has 1 aromatic rings. The fourth-order valence-electron chi connectivity index (χ4n) is 5.70. The van der Waals surface area contributed by atoms with Crippen molar-refractivity contribution in [2.24, 2.45) is 0 Å². The number of alkyl halides is 6. The van der Waals surface area contributed by atoms with Crippen molar-refractivity contribution >= 4 is 11.8 Å². The van der Waals surface area contributed by atoms with Crippen molar-refractivity contribution in [1.29, 1.82) is 0 Å². The molecule has 1 heterocycles. The van der Waals surface area contributed by atoms with E-state index in [1.807, 2.05) is 0 Å². The predicted molar refractivity (Wildman–Crippen MR) is 111 cm³/mol. The minimum Gasteiger partial charge on any atom is -0.480 e. The van der Waals surface area contributed by atoms with E-state index in [0.29, 0.717) is 31.4 Å². The number of carbonyl (C=O) groups is 2. The molecule has 38 heavy (non-hydrogen) atoms. The monoisotopic (exact) mass is 556 g/mol. The Balaban J connectivity index is 1.06. The number of amides is 2. The summed E-state index contributed by atoms with van der Waals surface area (Å²) in [6.45, 7) is -0.329. The van der Waals surface area contributed by atoms with Gasteiger partial charge in [-0.1, -0.05) is 0 Å². The number of nitrogens with one attached hydrogen (secondary N) is 2. The number of benzene rings is 1. The van der Waals surface area contributed by atoms with E-state index in [0.717, 1.165) is 0 Å². The van der Waals surface area contributed by atoms with Gasteiger partial charge in [0.25, 0.3) is 5.91 Å². The molecular formula is C23H23F7N2O6. The van der Waals surface area contributed by atoms with Gasteiger partial charge in [-0.05, 0) is 25.3 Å². The molecule has 2 amide bonds. The van der Waals surface area contributed by atoms with E-state index in [1.165, 1.54) is 0 Å². The Kier molecular flexibility index (Phi) is 6.34. The molecule has 0 spiro atoms. The number of carbonyl (C=O) groups excluding carboxylic acids is 2. The molecule has 210 valence electrons. The van der Waals surface area contributed by atoms with Crippen molar-refractivity contribution in [2.45, 2.75) is 86.6 Å². The highest BCUT2D eigenvalue weighted by atomic mass is 19.4. The standard InChI is InChI=1S/C23H23F7N2O6/c24-14-4-16-12(3-13(14)22(25,26)27)15(33)5-17(37-16)19(35)32-21-7-20(8-21,9-21)31-18(34)6-36-10-1-11(2-10)38-23(28,29)30/h3-4,10-11,15,17,33H,1-2,5-9H2,(H,31,34)(H,32,35)/t10?,11?,15-,17-,20?,21?/m1/s1. The van der Waals surface area contributed by atoms with Crippen LogP contribution in [-0.2, 0) is 25.2 Å². The van der Waals surface area contributed by atoms with E-state index in [-0.39, 0.29) is 37.2 Å². The third-order valence-electron chi connectivity index (χ3n) is 7.39. The van der Waals surface area contributed by atoms with Gasteiger partial charge in [-0.3, -0.25) is 14.3 Å². The molecule has 5 aliphatic rings. The zero-order valence-electron chi connectivity index (χ0n) is 19.5. The van der Waals surface area contributed by atoms with Crippen LogP contribution in [-0.4, -0.2) is 59.3 Å². The fraction of sp³-hybridized carbons (Fsp3) is 0.652. The van der Waals surface area contributed by atoms with E-state index in [1.54, 1.807) is 0 Å². The fourth-order valence-corrected chi connectivity index (χ4v) is 5.70. The SMILES string of the molecule is O=C(COC1CC(OC(F)(F)F)C1)NC12CC(NC(=O)[C@H]3C[C@@H](O)c4cc(C(F)(F)F)c(F)cc4O3)(C1)C2. The van der Waals surface area contributed by atoms with Gasteiger partial charge < -0.3 is 25.2 Å². The van der Waals surface area contributed by atoms with Crippen LogP contribution in [0.4, 0.5) is 30.7 Å². The lowest BCUT2D eigenvalue weighted by Crippen LogP contribution is -2.84. The highest BCUT2D eigenvalue weighted by Gasteiger charge is 2.69. The highest BCUT2D eigenvalue weighted by molar-refractivity contribution is 5.84. The minimum absolute atomic E-state index is 0.0334. The first kappa shape index (κ1) is 26.9. The maximum Gasteiger partial charge on any atom is 0.522 e.